The number of hydrogen-bond donors (Lipinski definition) is 0. The molecule has 0 aliphatic heterocycles. The van der Waals surface area contributed by atoms with Gasteiger partial charge in [-0.15, -0.1) is 0 Å². The molecule has 1 aromatic carbocycles. The number of esters is 1. The molecule has 0 aliphatic carbocycles. The van der Waals surface area contributed by atoms with Crippen LogP contribution in [0.1, 0.15) is 6.92 Å². The summed E-state index contributed by atoms with van der Waals surface area (Å²) in [7, 11) is 2.57. The van der Waals surface area contributed by atoms with Crippen molar-refractivity contribution >= 4 is 11.7 Å². The average molecular weight is 255 g/mol. The molecule has 0 spiro atoms. The second-order valence-corrected chi connectivity index (χ2v) is 3.37. The van der Waals surface area contributed by atoms with Gasteiger partial charge in [0.25, 0.3) is 0 Å². The van der Waals surface area contributed by atoms with Crippen LogP contribution in [0.4, 0.5) is 5.69 Å². The molecule has 0 radical (unpaired) electrons. The predicted molar refractivity (Wildman–Crippen MR) is 61.8 cm³/mol. The van der Waals surface area contributed by atoms with Crippen LogP contribution in [-0.2, 0) is 9.53 Å². The number of carbonyl (C=O) groups excluding carboxylic acids is 1. The van der Waals surface area contributed by atoms with E-state index < -0.39 is 17.0 Å². The molecule has 0 bridgehead atoms. The summed E-state index contributed by atoms with van der Waals surface area (Å²) < 4.78 is 14.6. The summed E-state index contributed by atoms with van der Waals surface area (Å²) in [6.07, 6.45) is -0.844. The van der Waals surface area contributed by atoms with Crippen LogP contribution in [0.3, 0.4) is 0 Å². The van der Waals surface area contributed by atoms with Crippen LogP contribution in [0.2, 0.25) is 0 Å². The molecule has 0 saturated heterocycles. The monoisotopic (exact) mass is 255 g/mol. The van der Waals surface area contributed by atoms with Gasteiger partial charge in [-0.25, -0.2) is 4.79 Å². The Kier molecular flexibility index (Phi) is 4.47. The molecule has 18 heavy (non-hydrogen) atoms. The van der Waals surface area contributed by atoms with E-state index in [-0.39, 0.29) is 17.2 Å². The topological polar surface area (TPSA) is 87.9 Å². The Morgan fingerprint density at radius 1 is 1.39 bits per heavy atom. The molecule has 98 valence electrons. The van der Waals surface area contributed by atoms with Crippen molar-refractivity contribution in [3.63, 3.8) is 0 Å². The van der Waals surface area contributed by atoms with Crippen LogP contribution in [0.5, 0.6) is 11.5 Å². The van der Waals surface area contributed by atoms with Crippen molar-refractivity contribution in [2.24, 2.45) is 0 Å². The van der Waals surface area contributed by atoms with E-state index in [4.69, 9.17) is 9.47 Å². The Bertz CT molecular complexity index is 459. The lowest BCUT2D eigenvalue weighted by atomic mass is 10.2. The molecule has 0 aliphatic rings. The van der Waals surface area contributed by atoms with Gasteiger partial charge in [-0.1, -0.05) is 0 Å². The fraction of sp³-hybridized carbons (Fsp3) is 0.364. The summed E-state index contributed by atoms with van der Waals surface area (Å²) in [5, 5.41) is 10.8. The first kappa shape index (κ1) is 13.8. The lowest BCUT2D eigenvalue weighted by molar-refractivity contribution is -0.385. The molecular formula is C11H13NO6. The molecule has 0 amide bonds. The number of nitro groups is 1. The van der Waals surface area contributed by atoms with Gasteiger partial charge in [-0.2, -0.15) is 0 Å². The van der Waals surface area contributed by atoms with E-state index in [9.17, 15) is 14.9 Å². The Balaban J connectivity index is 2.95. The summed E-state index contributed by atoms with van der Waals surface area (Å²) >= 11 is 0. The number of methoxy groups -OCH3 is 2. The van der Waals surface area contributed by atoms with Crippen LogP contribution in [-0.4, -0.2) is 31.2 Å². The fourth-order valence-corrected chi connectivity index (χ4v) is 1.30. The third kappa shape index (κ3) is 3.09. The summed E-state index contributed by atoms with van der Waals surface area (Å²) in [6, 6.07) is 4.07. The van der Waals surface area contributed by atoms with Gasteiger partial charge in [0.2, 0.25) is 0 Å². The van der Waals surface area contributed by atoms with Gasteiger partial charge in [-0.05, 0) is 19.1 Å². The Hall–Kier alpha value is -2.31. The lowest BCUT2D eigenvalue weighted by Crippen LogP contribution is -2.24. The SMILES string of the molecule is COC(=O)[C@H](C)Oc1ccc(OC)c([N+](=O)[O-])c1. The maximum absolute atomic E-state index is 11.2. The van der Waals surface area contributed by atoms with Crippen molar-refractivity contribution in [1.29, 1.82) is 0 Å². The molecule has 0 aromatic heterocycles. The molecule has 1 aromatic rings. The van der Waals surface area contributed by atoms with E-state index in [1.165, 1.54) is 39.3 Å². The van der Waals surface area contributed by atoms with Crippen molar-refractivity contribution in [2.45, 2.75) is 13.0 Å². The van der Waals surface area contributed by atoms with Gasteiger partial charge in [0, 0.05) is 0 Å². The quantitative estimate of drug-likeness (QED) is 0.450. The van der Waals surface area contributed by atoms with Crippen LogP contribution in [0.15, 0.2) is 18.2 Å². The van der Waals surface area contributed by atoms with Crippen LogP contribution in [0, 0.1) is 10.1 Å². The van der Waals surface area contributed by atoms with Crippen molar-refractivity contribution in [3.05, 3.63) is 28.3 Å². The minimum absolute atomic E-state index is 0.123. The highest BCUT2D eigenvalue weighted by Crippen LogP contribution is 2.31. The number of benzene rings is 1. The third-order valence-electron chi connectivity index (χ3n) is 2.19. The number of nitro benzene ring substituents is 1. The largest absolute Gasteiger partial charge is 0.490 e. The average Bonchev–Trinajstić information content (AvgIpc) is 2.37. The summed E-state index contributed by atoms with van der Waals surface area (Å²) in [4.78, 5) is 21.4. The van der Waals surface area contributed by atoms with E-state index in [1.807, 2.05) is 0 Å². The van der Waals surface area contributed by atoms with Gasteiger partial charge in [-0.3, -0.25) is 10.1 Å². The number of ether oxygens (including phenoxy) is 3. The van der Waals surface area contributed by atoms with Gasteiger partial charge in [0.15, 0.2) is 11.9 Å². The zero-order chi connectivity index (χ0) is 13.7. The fourth-order valence-electron chi connectivity index (χ4n) is 1.30. The molecule has 0 heterocycles. The second-order valence-electron chi connectivity index (χ2n) is 3.37. The highest BCUT2D eigenvalue weighted by molar-refractivity contribution is 5.74. The zero-order valence-corrected chi connectivity index (χ0v) is 10.2. The van der Waals surface area contributed by atoms with Gasteiger partial charge < -0.3 is 14.2 Å². The zero-order valence-electron chi connectivity index (χ0n) is 10.2. The predicted octanol–water partition coefficient (Wildman–Crippen LogP) is 1.54. The molecule has 0 N–H and O–H groups in total. The molecule has 0 fully saturated rings. The maximum atomic E-state index is 11.2. The number of nitrogens with zero attached hydrogens (tertiary/aromatic N) is 1. The standard InChI is InChI=1S/C11H13NO6/c1-7(11(13)17-3)18-8-4-5-10(16-2)9(6-8)12(14)15/h4-7H,1-3H3/t7-/m0/s1. The Labute approximate surface area is 103 Å². The van der Waals surface area contributed by atoms with Crippen molar-refractivity contribution in [2.75, 3.05) is 14.2 Å². The van der Waals surface area contributed by atoms with Crippen molar-refractivity contribution < 1.29 is 23.9 Å². The highest BCUT2D eigenvalue weighted by Gasteiger charge is 2.19. The maximum Gasteiger partial charge on any atom is 0.346 e. The number of hydrogen-bond acceptors (Lipinski definition) is 6. The van der Waals surface area contributed by atoms with Crippen molar-refractivity contribution in [3.8, 4) is 11.5 Å². The first-order valence-electron chi connectivity index (χ1n) is 5.06. The normalized spacial score (nSPS) is 11.5. The lowest BCUT2D eigenvalue weighted by Gasteiger charge is -2.12. The smallest absolute Gasteiger partial charge is 0.346 e. The summed E-state index contributed by atoms with van der Waals surface area (Å²) in [5.41, 5.74) is -0.230. The molecule has 7 heteroatoms. The first-order valence-corrected chi connectivity index (χ1v) is 5.06. The van der Waals surface area contributed by atoms with Crippen LogP contribution < -0.4 is 9.47 Å². The highest BCUT2D eigenvalue weighted by atomic mass is 16.6. The Morgan fingerprint density at radius 2 is 2.06 bits per heavy atom. The molecule has 1 rings (SSSR count). The Morgan fingerprint density at radius 3 is 2.56 bits per heavy atom. The number of carbonyl (C=O) groups is 1. The molecular weight excluding hydrogens is 242 g/mol. The van der Waals surface area contributed by atoms with Crippen LogP contribution in [0.25, 0.3) is 0 Å². The number of rotatable bonds is 5. The van der Waals surface area contributed by atoms with Gasteiger partial charge in [0.05, 0.1) is 25.2 Å². The molecule has 0 unspecified atom stereocenters. The summed E-state index contributed by atoms with van der Waals surface area (Å²) in [5.74, 6) is -0.244. The van der Waals surface area contributed by atoms with Crippen molar-refractivity contribution in [1.82, 2.24) is 0 Å². The second kappa shape index (κ2) is 5.85. The minimum atomic E-state index is -0.844. The van der Waals surface area contributed by atoms with Crippen LogP contribution >= 0.6 is 0 Å². The van der Waals surface area contributed by atoms with E-state index in [2.05, 4.69) is 4.74 Å². The minimum Gasteiger partial charge on any atom is -0.490 e. The van der Waals surface area contributed by atoms with Gasteiger partial charge in [0.1, 0.15) is 5.75 Å². The molecule has 7 nitrogen and oxygen atoms in total. The van der Waals surface area contributed by atoms with Gasteiger partial charge >= 0.3 is 11.7 Å². The van der Waals surface area contributed by atoms with E-state index in [0.29, 0.717) is 0 Å². The van der Waals surface area contributed by atoms with E-state index >= 15 is 0 Å². The third-order valence-corrected chi connectivity index (χ3v) is 2.19. The van der Waals surface area contributed by atoms with E-state index in [1.54, 1.807) is 0 Å². The molecule has 0 saturated carbocycles. The molecule has 1 atom stereocenters. The first-order chi connectivity index (χ1) is 8.49. The summed E-state index contributed by atoms with van der Waals surface area (Å²) in [6.45, 7) is 1.49. The van der Waals surface area contributed by atoms with E-state index in [0.717, 1.165) is 0 Å².